The minimum atomic E-state index is -0.455. The molecule has 27 heavy (non-hydrogen) atoms. The van der Waals surface area contributed by atoms with E-state index in [-0.39, 0.29) is 6.61 Å². The molecule has 2 aromatic carbocycles. The number of carbonyl (C=O) groups is 2. The van der Waals surface area contributed by atoms with Gasteiger partial charge in [0.05, 0.1) is 11.1 Å². The van der Waals surface area contributed by atoms with Crippen LogP contribution in [0.2, 0.25) is 0 Å². The number of halogens is 1. The predicted octanol–water partition coefficient (Wildman–Crippen LogP) is 3.78. The highest BCUT2D eigenvalue weighted by Gasteiger charge is 2.11. The van der Waals surface area contributed by atoms with Gasteiger partial charge in [-0.05, 0) is 65.2 Å². The summed E-state index contributed by atoms with van der Waals surface area (Å²) in [7, 11) is 0. The molecule has 0 aliphatic heterocycles. The van der Waals surface area contributed by atoms with E-state index in [4.69, 9.17) is 9.47 Å². The summed E-state index contributed by atoms with van der Waals surface area (Å²) in [5.74, 6) is 0.387. The zero-order valence-electron chi connectivity index (χ0n) is 15.4. The normalized spacial score (nSPS) is 10.2. The Kier molecular flexibility index (Phi) is 8.13. The molecule has 0 unspecified atom stereocenters. The van der Waals surface area contributed by atoms with Gasteiger partial charge in [-0.25, -0.2) is 0 Å². The molecule has 144 valence electrons. The van der Waals surface area contributed by atoms with Crippen molar-refractivity contribution in [3.05, 3.63) is 58.1 Å². The monoisotopic (exact) mass is 434 g/mol. The largest absolute Gasteiger partial charge is 0.492 e. The summed E-state index contributed by atoms with van der Waals surface area (Å²) >= 11 is 3.39. The van der Waals surface area contributed by atoms with Gasteiger partial charge in [0.2, 0.25) is 0 Å². The number of ether oxygens (including phenoxy) is 2. The molecular formula is C20H23BrN2O4. The minimum absolute atomic E-state index is 0.197. The van der Waals surface area contributed by atoms with Crippen LogP contribution in [0.4, 0.5) is 0 Å². The van der Waals surface area contributed by atoms with E-state index in [1.54, 1.807) is 24.3 Å². The summed E-state index contributed by atoms with van der Waals surface area (Å²) in [6.07, 6.45) is 2.01. The Morgan fingerprint density at radius 1 is 1.07 bits per heavy atom. The van der Waals surface area contributed by atoms with Crippen LogP contribution in [0.5, 0.6) is 11.5 Å². The first kappa shape index (κ1) is 20.8. The molecule has 0 spiro atoms. The molecule has 0 bridgehead atoms. The Morgan fingerprint density at radius 2 is 1.89 bits per heavy atom. The van der Waals surface area contributed by atoms with E-state index in [0.29, 0.717) is 28.1 Å². The smallest absolute Gasteiger partial charge is 0.276 e. The zero-order valence-corrected chi connectivity index (χ0v) is 17.0. The molecule has 0 aromatic heterocycles. The van der Waals surface area contributed by atoms with Gasteiger partial charge in [0, 0.05) is 5.56 Å². The van der Waals surface area contributed by atoms with Crippen LogP contribution in [0, 0.1) is 6.92 Å². The second-order valence-corrected chi connectivity index (χ2v) is 6.81. The standard InChI is InChI=1S/C20H23BrN2O4/c1-3-4-10-26-18-9-8-15(12-17(18)21)20(25)23-22-19(24)13-27-16-7-5-6-14(2)11-16/h5-9,11-12H,3-4,10,13H2,1-2H3,(H,22,24)(H,23,25). The molecule has 0 saturated carbocycles. The number of carbonyl (C=O) groups excluding carboxylic acids is 2. The first-order chi connectivity index (χ1) is 13.0. The van der Waals surface area contributed by atoms with Gasteiger partial charge >= 0.3 is 0 Å². The molecule has 0 aliphatic carbocycles. The maximum Gasteiger partial charge on any atom is 0.276 e. The summed E-state index contributed by atoms with van der Waals surface area (Å²) in [5.41, 5.74) is 6.13. The van der Waals surface area contributed by atoms with Crippen LogP contribution in [-0.4, -0.2) is 25.0 Å². The number of rotatable bonds is 8. The van der Waals surface area contributed by atoms with Gasteiger partial charge in [-0.2, -0.15) is 0 Å². The highest BCUT2D eigenvalue weighted by molar-refractivity contribution is 9.10. The Labute approximate surface area is 167 Å². The second kappa shape index (κ2) is 10.6. The van der Waals surface area contributed by atoms with E-state index in [0.717, 1.165) is 18.4 Å². The molecule has 2 amide bonds. The van der Waals surface area contributed by atoms with Crippen molar-refractivity contribution in [1.29, 1.82) is 0 Å². The topological polar surface area (TPSA) is 76.7 Å². The molecule has 0 radical (unpaired) electrons. The molecule has 0 aliphatic rings. The van der Waals surface area contributed by atoms with Gasteiger partial charge < -0.3 is 9.47 Å². The summed E-state index contributed by atoms with van der Waals surface area (Å²) in [6, 6.07) is 12.4. The maximum absolute atomic E-state index is 12.2. The number of nitrogens with one attached hydrogen (secondary N) is 2. The molecule has 0 saturated heterocycles. The van der Waals surface area contributed by atoms with Crippen molar-refractivity contribution in [1.82, 2.24) is 10.9 Å². The summed E-state index contributed by atoms with van der Waals surface area (Å²) in [5, 5.41) is 0. The molecule has 2 N–H and O–H groups in total. The Morgan fingerprint density at radius 3 is 2.59 bits per heavy atom. The first-order valence-corrected chi connectivity index (χ1v) is 9.50. The van der Waals surface area contributed by atoms with E-state index >= 15 is 0 Å². The third-order valence-corrected chi connectivity index (χ3v) is 4.24. The number of hydrazine groups is 1. The fourth-order valence-corrected chi connectivity index (χ4v) is 2.67. The maximum atomic E-state index is 12.2. The van der Waals surface area contributed by atoms with E-state index in [1.165, 1.54) is 0 Å². The summed E-state index contributed by atoms with van der Waals surface area (Å²) in [6.45, 7) is 4.45. The Hall–Kier alpha value is -2.54. The van der Waals surface area contributed by atoms with Crippen molar-refractivity contribution in [2.45, 2.75) is 26.7 Å². The SMILES string of the molecule is CCCCOc1ccc(C(=O)NNC(=O)COc2cccc(C)c2)cc1Br. The molecule has 6 nitrogen and oxygen atoms in total. The fraction of sp³-hybridized carbons (Fsp3) is 0.300. The third kappa shape index (κ3) is 6.94. The molecule has 2 aromatic rings. The average Bonchev–Trinajstić information content (AvgIpc) is 2.66. The molecule has 0 heterocycles. The van der Waals surface area contributed by atoms with Gasteiger partial charge in [-0.15, -0.1) is 0 Å². The van der Waals surface area contributed by atoms with Crippen LogP contribution in [0.15, 0.2) is 46.9 Å². The lowest BCUT2D eigenvalue weighted by atomic mass is 10.2. The number of hydrogen-bond acceptors (Lipinski definition) is 4. The van der Waals surface area contributed by atoms with Crippen molar-refractivity contribution in [2.75, 3.05) is 13.2 Å². The van der Waals surface area contributed by atoms with Crippen LogP contribution < -0.4 is 20.3 Å². The first-order valence-electron chi connectivity index (χ1n) is 8.70. The Bertz CT molecular complexity index is 795. The number of hydrogen-bond donors (Lipinski definition) is 2. The van der Waals surface area contributed by atoms with E-state index in [1.807, 2.05) is 25.1 Å². The molecule has 0 fully saturated rings. The van der Waals surface area contributed by atoms with E-state index < -0.39 is 11.8 Å². The van der Waals surface area contributed by atoms with Crippen LogP contribution in [0.3, 0.4) is 0 Å². The molecule has 2 rings (SSSR count). The second-order valence-electron chi connectivity index (χ2n) is 5.95. The highest BCUT2D eigenvalue weighted by atomic mass is 79.9. The highest BCUT2D eigenvalue weighted by Crippen LogP contribution is 2.26. The number of benzene rings is 2. The van der Waals surface area contributed by atoms with Crippen molar-refractivity contribution in [3.8, 4) is 11.5 Å². The quantitative estimate of drug-likeness (QED) is 0.489. The lowest BCUT2D eigenvalue weighted by Crippen LogP contribution is -2.43. The molecular weight excluding hydrogens is 412 g/mol. The van der Waals surface area contributed by atoms with Crippen molar-refractivity contribution in [3.63, 3.8) is 0 Å². The van der Waals surface area contributed by atoms with Crippen LogP contribution in [0.1, 0.15) is 35.7 Å². The lowest BCUT2D eigenvalue weighted by Gasteiger charge is -2.11. The van der Waals surface area contributed by atoms with Crippen LogP contribution in [0.25, 0.3) is 0 Å². The minimum Gasteiger partial charge on any atom is -0.492 e. The number of unbranched alkanes of at least 4 members (excludes halogenated alkanes) is 1. The average molecular weight is 435 g/mol. The zero-order chi connectivity index (χ0) is 19.6. The van der Waals surface area contributed by atoms with E-state index in [2.05, 4.69) is 33.7 Å². The van der Waals surface area contributed by atoms with Crippen molar-refractivity contribution >= 4 is 27.7 Å². The van der Waals surface area contributed by atoms with Gasteiger partial charge in [-0.3, -0.25) is 20.4 Å². The molecule has 0 atom stereocenters. The van der Waals surface area contributed by atoms with E-state index in [9.17, 15) is 9.59 Å². The summed E-state index contributed by atoms with van der Waals surface area (Å²) in [4.78, 5) is 24.0. The van der Waals surface area contributed by atoms with Crippen molar-refractivity contribution < 1.29 is 19.1 Å². The van der Waals surface area contributed by atoms with Gasteiger partial charge in [-0.1, -0.05) is 25.5 Å². The van der Waals surface area contributed by atoms with Gasteiger partial charge in [0.25, 0.3) is 11.8 Å². The van der Waals surface area contributed by atoms with Gasteiger partial charge in [0.15, 0.2) is 6.61 Å². The summed E-state index contributed by atoms with van der Waals surface area (Å²) < 4.78 is 11.7. The van der Waals surface area contributed by atoms with Crippen molar-refractivity contribution in [2.24, 2.45) is 0 Å². The third-order valence-electron chi connectivity index (χ3n) is 3.62. The fourth-order valence-electron chi connectivity index (χ4n) is 2.17. The lowest BCUT2D eigenvalue weighted by molar-refractivity contribution is -0.123. The number of aryl methyl sites for hydroxylation is 1. The van der Waals surface area contributed by atoms with Crippen LogP contribution in [-0.2, 0) is 4.79 Å². The number of amides is 2. The van der Waals surface area contributed by atoms with Crippen LogP contribution >= 0.6 is 15.9 Å². The van der Waals surface area contributed by atoms with Gasteiger partial charge in [0.1, 0.15) is 11.5 Å². The Balaban J connectivity index is 1.80. The predicted molar refractivity (Wildman–Crippen MR) is 107 cm³/mol. The molecule has 7 heteroatoms.